The molecule has 74 valence electrons. The number of hydrogen-bond donors (Lipinski definition) is 0. The van der Waals surface area contributed by atoms with E-state index in [0.717, 1.165) is 8.64 Å². The van der Waals surface area contributed by atoms with E-state index in [4.69, 9.17) is 24.4 Å². The zero-order valence-corrected chi connectivity index (χ0v) is 19.0. The van der Waals surface area contributed by atoms with Crippen LogP contribution in [0.15, 0.2) is 0 Å². The Balaban J connectivity index is -0.000000101. The minimum atomic E-state index is 0. The van der Waals surface area contributed by atoms with Gasteiger partial charge in [-0.3, -0.25) is 0 Å². The third kappa shape index (κ3) is 12.2. The summed E-state index contributed by atoms with van der Waals surface area (Å²) in [6.45, 7) is 0. The Morgan fingerprint density at radius 2 is 1.07 bits per heavy atom. The van der Waals surface area contributed by atoms with E-state index in [1.54, 1.807) is 0 Å². The Morgan fingerprint density at radius 1 is 0.857 bits per heavy atom. The quantitative estimate of drug-likeness (QED) is 0.256. The summed E-state index contributed by atoms with van der Waals surface area (Å²) in [4.78, 5) is 3.79. The summed E-state index contributed by atoms with van der Waals surface area (Å²) < 4.78 is 1.67. The molecule has 0 aliphatic carbocycles. The van der Waals surface area contributed by atoms with Crippen molar-refractivity contribution in [3.05, 3.63) is 0 Å². The van der Waals surface area contributed by atoms with Crippen LogP contribution in [0, 0.1) is 0 Å². The summed E-state index contributed by atoms with van der Waals surface area (Å²) in [6, 6.07) is 0. The molecular formula is C6H14K2N2S4. The third-order valence-electron chi connectivity index (χ3n) is 0.915. The van der Waals surface area contributed by atoms with Crippen molar-refractivity contribution in [1.82, 2.24) is 9.80 Å². The van der Waals surface area contributed by atoms with Crippen molar-refractivity contribution >= 4 is 54.7 Å². The molecule has 14 heavy (non-hydrogen) atoms. The Bertz CT molecular complexity index is 175. The van der Waals surface area contributed by atoms with Crippen LogP contribution in [0.2, 0.25) is 0 Å². The Kier molecular flexibility index (Phi) is 21.6. The average Bonchev–Trinajstić information content (AvgIpc) is 1.98. The van der Waals surface area contributed by atoms with Crippen LogP contribution in [-0.2, 0) is 0 Å². The maximum absolute atomic E-state index is 5.07. The molecule has 0 aromatic carbocycles. The van der Waals surface area contributed by atoms with E-state index in [1.807, 2.05) is 38.0 Å². The number of hydrogen-bond acceptors (Lipinski definition) is 4. The largest absolute Gasteiger partial charge is 1.00 e. The first kappa shape index (κ1) is 22.9. The van der Waals surface area contributed by atoms with Crippen molar-refractivity contribution in [3.8, 4) is 0 Å². The monoisotopic (exact) mass is 320 g/mol. The van der Waals surface area contributed by atoms with E-state index >= 15 is 0 Å². The summed E-state index contributed by atoms with van der Waals surface area (Å²) in [7, 11) is 10.7. The number of nitrogens with zero attached hydrogens (tertiary/aromatic N) is 2. The first-order valence-corrected chi connectivity index (χ1v) is 6.19. The molecule has 2 nitrogen and oxygen atoms in total. The van der Waals surface area contributed by atoms with E-state index in [1.165, 1.54) is 21.6 Å². The van der Waals surface area contributed by atoms with Gasteiger partial charge in [-0.2, -0.15) is 0 Å². The van der Waals surface area contributed by atoms with E-state index in [0.29, 0.717) is 0 Å². The molecule has 0 aromatic heterocycles. The van der Waals surface area contributed by atoms with Crippen LogP contribution in [-0.4, -0.2) is 46.6 Å². The molecular weight excluding hydrogens is 307 g/mol. The van der Waals surface area contributed by atoms with E-state index in [2.05, 4.69) is 0 Å². The summed E-state index contributed by atoms with van der Waals surface area (Å²) in [5, 5.41) is 0. The summed E-state index contributed by atoms with van der Waals surface area (Å²) in [5.74, 6) is 0. The standard InChI is InChI=1S/C6H12N2S4.2K.2H/c1-7(2)5(9)11-12-6(10)8(3)4;;;;/h1-4H3;;;;/q;2*+1;2*-1. The van der Waals surface area contributed by atoms with Gasteiger partial charge in [0.1, 0.15) is 8.64 Å². The zero-order valence-electron chi connectivity index (χ0n) is 11.5. The predicted molar refractivity (Wildman–Crippen MR) is 70.0 cm³/mol. The molecule has 0 rings (SSSR count). The van der Waals surface area contributed by atoms with Gasteiger partial charge in [0, 0.05) is 28.2 Å². The maximum Gasteiger partial charge on any atom is 1.00 e. The van der Waals surface area contributed by atoms with Crippen LogP contribution in [0.4, 0.5) is 0 Å². The molecule has 0 amide bonds. The third-order valence-corrected chi connectivity index (χ3v) is 5.07. The van der Waals surface area contributed by atoms with Crippen molar-refractivity contribution in [2.45, 2.75) is 0 Å². The Labute approximate surface area is 193 Å². The molecule has 0 spiro atoms. The fourth-order valence-corrected chi connectivity index (χ4v) is 2.60. The molecule has 0 radical (unpaired) electrons. The second kappa shape index (κ2) is 13.2. The van der Waals surface area contributed by atoms with Crippen LogP contribution >= 0.6 is 46.0 Å². The summed E-state index contributed by atoms with van der Waals surface area (Å²) in [6.07, 6.45) is 0. The second-order valence-corrected chi connectivity index (χ2v) is 5.88. The predicted octanol–water partition coefficient (Wildman–Crippen LogP) is -3.71. The van der Waals surface area contributed by atoms with Crippen LogP contribution < -0.4 is 103 Å². The maximum atomic E-state index is 5.07. The van der Waals surface area contributed by atoms with Crippen LogP contribution in [0.1, 0.15) is 2.85 Å². The fraction of sp³-hybridized carbons (Fsp3) is 0.667. The minimum absolute atomic E-state index is 0. The molecule has 0 aliphatic rings. The van der Waals surface area contributed by atoms with Gasteiger partial charge in [0.05, 0.1) is 0 Å². The van der Waals surface area contributed by atoms with Gasteiger partial charge in [0.25, 0.3) is 0 Å². The molecule has 0 saturated heterocycles. The molecule has 0 heterocycles. The van der Waals surface area contributed by atoms with E-state index in [9.17, 15) is 0 Å². The molecule has 0 aromatic rings. The van der Waals surface area contributed by atoms with Crippen LogP contribution in [0.3, 0.4) is 0 Å². The van der Waals surface area contributed by atoms with Gasteiger partial charge in [-0.1, -0.05) is 24.4 Å². The van der Waals surface area contributed by atoms with Crippen molar-refractivity contribution in [2.24, 2.45) is 0 Å². The second-order valence-electron chi connectivity index (χ2n) is 2.49. The molecule has 8 heteroatoms. The summed E-state index contributed by atoms with van der Waals surface area (Å²) >= 11 is 10.1. The first-order chi connectivity index (χ1) is 5.45. The van der Waals surface area contributed by atoms with Gasteiger partial charge >= 0.3 is 103 Å². The van der Waals surface area contributed by atoms with Gasteiger partial charge in [-0.15, -0.1) is 0 Å². The van der Waals surface area contributed by atoms with Gasteiger partial charge in [0.2, 0.25) is 0 Å². The van der Waals surface area contributed by atoms with E-state index in [-0.39, 0.29) is 106 Å². The van der Waals surface area contributed by atoms with Crippen molar-refractivity contribution in [2.75, 3.05) is 28.2 Å². The Hall–Kier alpha value is 3.75. The molecule has 0 aliphatic heterocycles. The van der Waals surface area contributed by atoms with Gasteiger partial charge < -0.3 is 12.7 Å². The molecule has 0 atom stereocenters. The van der Waals surface area contributed by atoms with Crippen LogP contribution in [0.5, 0.6) is 0 Å². The van der Waals surface area contributed by atoms with Crippen LogP contribution in [0.25, 0.3) is 0 Å². The molecule has 0 fully saturated rings. The average molecular weight is 321 g/mol. The molecule has 0 bridgehead atoms. The zero-order chi connectivity index (χ0) is 9.72. The first-order valence-electron chi connectivity index (χ1n) is 3.22. The minimum Gasteiger partial charge on any atom is -1.00 e. The normalized spacial score (nSPS) is 8.00. The Morgan fingerprint density at radius 3 is 1.21 bits per heavy atom. The van der Waals surface area contributed by atoms with Crippen molar-refractivity contribution in [3.63, 3.8) is 0 Å². The van der Waals surface area contributed by atoms with Gasteiger partial charge in [-0.05, 0) is 21.6 Å². The van der Waals surface area contributed by atoms with Crippen molar-refractivity contribution < 1.29 is 106 Å². The number of rotatable bonds is 0. The molecule has 0 saturated carbocycles. The summed E-state index contributed by atoms with van der Waals surface area (Å²) in [5.41, 5.74) is 0. The van der Waals surface area contributed by atoms with E-state index < -0.39 is 0 Å². The topological polar surface area (TPSA) is 6.48 Å². The van der Waals surface area contributed by atoms with Gasteiger partial charge in [-0.25, -0.2) is 0 Å². The number of thiocarbonyl (C=S) groups is 2. The molecule has 0 N–H and O–H groups in total. The van der Waals surface area contributed by atoms with Gasteiger partial charge in [0.15, 0.2) is 0 Å². The smallest absolute Gasteiger partial charge is 1.00 e. The SMILES string of the molecule is CN(C)C(=S)SSC(=S)N(C)C.[H-].[H-].[K+].[K+]. The molecule has 0 unspecified atom stereocenters. The van der Waals surface area contributed by atoms with Crippen molar-refractivity contribution in [1.29, 1.82) is 0 Å². The fourth-order valence-electron chi connectivity index (χ4n) is 0.220.